The van der Waals surface area contributed by atoms with E-state index < -0.39 is 6.36 Å². The molecule has 8 nitrogen and oxygen atoms in total. The molecule has 1 aromatic carbocycles. The van der Waals surface area contributed by atoms with Crippen LogP contribution >= 0.6 is 0 Å². The average molecular weight is 372 g/mol. The summed E-state index contributed by atoms with van der Waals surface area (Å²) in [5, 5.41) is 14.0. The molecule has 0 unspecified atom stereocenters. The fraction of sp³-hybridized carbons (Fsp3) is 0.467. The van der Waals surface area contributed by atoms with Crippen LogP contribution in [0, 0.1) is 0 Å². The summed E-state index contributed by atoms with van der Waals surface area (Å²) in [6.07, 6.45) is -3.86. The minimum absolute atomic E-state index is 0.0692. The molecule has 2 aromatic rings. The number of nitrogens with zero attached hydrogens (tertiary/aromatic N) is 5. The number of halogens is 3. The molecule has 0 bridgehead atoms. The highest BCUT2D eigenvalue weighted by Crippen LogP contribution is 2.23. The average Bonchev–Trinajstić information content (AvgIpc) is 2.95. The van der Waals surface area contributed by atoms with Gasteiger partial charge in [-0.3, -0.25) is 9.69 Å². The molecule has 0 fully saturated rings. The van der Waals surface area contributed by atoms with Crippen molar-refractivity contribution in [2.45, 2.75) is 32.8 Å². The second kappa shape index (κ2) is 8.61. The van der Waals surface area contributed by atoms with E-state index in [1.54, 1.807) is 16.6 Å². The number of hydrogen-bond donors (Lipinski definition) is 1. The van der Waals surface area contributed by atoms with Crippen molar-refractivity contribution in [2.24, 2.45) is 0 Å². The highest BCUT2D eigenvalue weighted by Gasteiger charge is 2.30. The van der Waals surface area contributed by atoms with Crippen molar-refractivity contribution in [2.75, 3.05) is 18.9 Å². The van der Waals surface area contributed by atoms with Gasteiger partial charge in [0.15, 0.2) is 5.82 Å². The Balaban J connectivity index is 1.85. The first-order valence-corrected chi connectivity index (χ1v) is 7.86. The van der Waals surface area contributed by atoms with E-state index in [1.807, 2.05) is 6.92 Å². The Kier molecular flexibility index (Phi) is 6.50. The van der Waals surface area contributed by atoms with E-state index in [4.69, 9.17) is 0 Å². The van der Waals surface area contributed by atoms with Crippen molar-refractivity contribution in [1.82, 2.24) is 25.1 Å². The summed E-state index contributed by atoms with van der Waals surface area (Å²) in [6, 6.07) is 4.93. The third kappa shape index (κ3) is 6.31. The Hall–Kier alpha value is -2.69. The predicted octanol–water partition coefficient (Wildman–Crippen LogP) is 2.05. The van der Waals surface area contributed by atoms with E-state index in [9.17, 15) is 18.0 Å². The minimum Gasteiger partial charge on any atom is -0.406 e. The smallest absolute Gasteiger partial charge is 0.406 e. The number of carbonyl (C=O) groups is 1. The van der Waals surface area contributed by atoms with Crippen molar-refractivity contribution < 1.29 is 22.7 Å². The molecule has 0 saturated heterocycles. The lowest BCUT2D eigenvalue weighted by Crippen LogP contribution is -2.30. The van der Waals surface area contributed by atoms with Crippen LogP contribution in [0.3, 0.4) is 0 Å². The van der Waals surface area contributed by atoms with Crippen molar-refractivity contribution in [3.8, 4) is 5.75 Å². The van der Waals surface area contributed by atoms with Crippen molar-refractivity contribution in [3.05, 3.63) is 30.1 Å². The third-order valence-electron chi connectivity index (χ3n) is 3.24. The molecule has 0 saturated carbocycles. The number of ether oxygens (including phenoxy) is 1. The quantitative estimate of drug-likeness (QED) is 0.763. The molecule has 0 radical (unpaired) electrons. The van der Waals surface area contributed by atoms with Gasteiger partial charge in [-0.2, -0.15) is 0 Å². The molecule has 1 aromatic heterocycles. The van der Waals surface area contributed by atoms with Crippen LogP contribution in [0.2, 0.25) is 0 Å². The van der Waals surface area contributed by atoms with Crippen LogP contribution in [0.4, 0.5) is 18.9 Å². The monoisotopic (exact) mass is 372 g/mol. The summed E-state index contributed by atoms with van der Waals surface area (Å²) < 4.78 is 41.8. The van der Waals surface area contributed by atoms with E-state index in [1.165, 1.54) is 12.1 Å². The highest BCUT2D eigenvalue weighted by atomic mass is 19.4. The molecular formula is C15H19F3N6O2. The van der Waals surface area contributed by atoms with Gasteiger partial charge in [-0.25, -0.2) is 4.68 Å². The lowest BCUT2D eigenvalue weighted by Gasteiger charge is -2.16. The maximum Gasteiger partial charge on any atom is 0.573 e. The zero-order chi connectivity index (χ0) is 19.2. The van der Waals surface area contributed by atoms with Crippen LogP contribution in [-0.4, -0.2) is 51.0 Å². The Labute approximate surface area is 147 Å². The zero-order valence-electron chi connectivity index (χ0n) is 14.3. The Bertz CT molecular complexity index is 717. The van der Waals surface area contributed by atoms with E-state index >= 15 is 0 Å². The van der Waals surface area contributed by atoms with E-state index in [0.29, 0.717) is 24.6 Å². The maximum absolute atomic E-state index is 12.1. The minimum atomic E-state index is -4.75. The fourth-order valence-corrected chi connectivity index (χ4v) is 2.20. The van der Waals surface area contributed by atoms with E-state index in [2.05, 4.69) is 25.6 Å². The van der Waals surface area contributed by atoms with Crippen LogP contribution in [0.15, 0.2) is 24.3 Å². The van der Waals surface area contributed by atoms with Crippen LogP contribution in [0.5, 0.6) is 5.75 Å². The summed E-state index contributed by atoms with van der Waals surface area (Å²) in [6.45, 7) is 3.15. The predicted molar refractivity (Wildman–Crippen MR) is 86.2 cm³/mol. The number of tetrazole rings is 1. The molecule has 26 heavy (non-hydrogen) atoms. The number of nitrogens with one attached hydrogen (secondary N) is 1. The number of likely N-dealkylation sites (N-methyl/N-ethyl adjacent to an activating group) is 1. The molecule has 0 spiro atoms. The summed E-state index contributed by atoms with van der Waals surface area (Å²) in [5.41, 5.74) is 0.369. The summed E-state index contributed by atoms with van der Waals surface area (Å²) >= 11 is 0. The lowest BCUT2D eigenvalue weighted by molar-refractivity contribution is -0.274. The normalized spacial score (nSPS) is 11.6. The number of benzene rings is 1. The molecular weight excluding hydrogens is 353 g/mol. The first-order chi connectivity index (χ1) is 12.3. The molecule has 0 aliphatic rings. The second-order valence-electron chi connectivity index (χ2n) is 5.61. The molecule has 1 N–H and O–H groups in total. The fourth-order valence-electron chi connectivity index (χ4n) is 2.20. The summed E-state index contributed by atoms with van der Waals surface area (Å²) in [4.78, 5) is 13.8. The largest absolute Gasteiger partial charge is 0.573 e. The SMILES string of the molecule is CCCn1nnnc1CN(C)CC(=O)Nc1ccc(OC(F)(F)F)cc1. The molecule has 1 heterocycles. The Morgan fingerprint density at radius 2 is 2.00 bits per heavy atom. The zero-order valence-corrected chi connectivity index (χ0v) is 14.3. The van der Waals surface area contributed by atoms with Gasteiger partial charge in [-0.1, -0.05) is 6.92 Å². The topological polar surface area (TPSA) is 85.2 Å². The van der Waals surface area contributed by atoms with Gasteiger partial charge in [0.1, 0.15) is 5.75 Å². The van der Waals surface area contributed by atoms with Gasteiger partial charge < -0.3 is 10.1 Å². The van der Waals surface area contributed by atoms with Gasteiger partial charge in [-0.15, -0.1) is 18.3 Å². The van der Waals surface area contributed by atoms with Crippen LogP contribution in [0.25, 0.3) is 0 Å². The number of anilines is 1. The van der Waals surface area contributed by atoms with Gasteiger partial charge in [-0.05, 0) is 48.2 Å². The molecule has 0 aliphatic heterocycles. The van der Waals surface area contributed by atoms with Gasteiger partial charge in [0, 0.05) is 12.2 Å². The van der Waals surface area contributed by atoms with Gasteiger partial charge in [0.25, 0.3) is 0 Å². The Morgan fingerprint density at radius 3 is 2.62 bits per heavy atom. The first-order valence-electron chi connectivity index (χ1n) is 7.86. The number of alkyl halides is 3. The molecule has 0 atom stereocenters. The third-order valence-corrected chi connectivity index (χ3v) is 3.24. The van der Waals surface area contributed by atoms with Crippen LogP contribution in [-0.2, 0) is 17.9 Å². The number of amides is 1. The summed E-state index contributed by atoms with van der Waals surface area (Å²) in [5.74, 6) is -0.0160. The van der Waals surface area contributed by atoms with Crippen molar-refractivity contribution in [1.29, 1.82) is 0 Å². The van der Waals surface area contributed by atoms with Gasteiger partial charge in [0.2, 0.25) is 5.91 Å². The highest BCUT2D eigenvalue weighted by molar-refractivity contribution is 5.92. The van der Waals surface area contributed by atoms with Crippen molar-refractivity contribution in [3.63, 3.8) is 0 Å². The molecule has 0 aliphatic carbocycles. The number of rotatable bonds is 8. The van der Waals surface area contributed by atoms with Gasteiger partial charge in [0.05, 0.1) is 13.1 Å². The standard InChI is InChI=1S/C15H19F3N6O2/c1-3-8-24-13(20-21-22-24)9-23(2)10-14(25)19-11-4-6-12(7-5-11)26-15(16,17)18/h4-7H,3,8-10H2,1-2H3,(H,19,25). The maximum atomic E-state index is 12.1. The molecule has 2 rings (SSSR count). The Morgan fingerprint density at radius 1 is 1.31 bits per heavy atom. The number of carbonyl (C=O) groups excluding carboxylic acids is 1. The van der Waals surface area contributed by atoms with Crippen LogP contribution in [0.1, 0.15) is 19.2 Å². The van der Waals surface area contributed by atoms with E-state index in [0.717, 1.165) is 18.6 Å². The first kappa shape index (κ1) is 19.6. The second-order valence-corrected chi connectivity index (χ2v) is 5.61. The molecule has 1 amide bonds. The number of aromatic nitrogens is 4. The van der Waals surface area contributed by atoms with Gasteiger partial charge >= 0.3 is 6.36 Å². The molecule has 142 valence electrons. The summed E-state index contributed by atoms with van der Waals surface area (Å²) in [7, 11) is 1.74. The molecule has 11 heteroatoms. The number of hydrogen-bond acceptors (Lipinski definition) is 6. The van der Waals surface area contributed by atoms with E-state index in [-0.39, 0.29) is 18.2 Å². The van der Waals surface area contributed by atoms with Crippen LogP contribution < -0.4 is 10.1 Å². The lowest BCUT2D eigenvalue weighted by atomic mass is 10.3. The number of aryl methyl sites for hydroxylation is 1. The van der Waals surface area contributed by atoms with Crippen molar-refractivity contribution >= 4 is 11.6 Å².